The van der Waals surface area contributed by atoms with Gasteiger partial charge in [0.15, 0.2) is 12.5 Å². The van der Waals surface area contributed by atoms with Crippen LogP contribution < -0.4 is 11.2 Å². The third-order valence-electron chi connectivity index (χ3n) is 6.88. The number of aliphatic hydroxyl groups is 7. The van der Waals surface area contributed by atoms with Gasteiger partial charge in [-0.05, 0) is 30.6 Å². The van der Waals surface area contributed by atoms with Gasteiger partial charge >= 0.3 is 20.2 Å². The van der Waals surface area contributed by atoms with E-state index in [0.29, 0.717) is 12.8 Å². The molecule has 7 unspecified atom stereocenters. The molecule has 19 nitrogen and oxygen atoms in total. The van der Waals surface area contributed by atoms with Gasteiger partial charge in [-0.3, -0.25) is 18.9 Å². The topological polar surface area (TPSA) is 300 Å². The number of rotatable bonds is 11. The zero-order chi connectivity index (χ0) is 30.5. The molecular weight excluding hydrogens is 622 g/mol. The number of phosphoric acid groups is 1. The molecule has 4 rings (SSSR count). The van der Waals surface area contributed by atoms with Crippen LogP contribution >= 0.6 is 14.5 Å². The molecule has 3 heterocycles. The number of hydrogen-bond acceptors (Lipinski definition) is 16. The van der Waals surface area contributed by atoms with Crippen molar-refractivity contribution in [2.75, 3.05) is 13.2 Å². The van der Waals surface area contributed by atoms with Crippen LogP contribution in [0.1, 0.15) is 19.1 Å². The maximum Gasteiger partial charge on any atom is 0.481 e. The predicted molar refractivity (Wildman–Crippen MR) is 133 cm³/mol. The number of H-pyrrole nitrogens is 1. The maximum absolute atomic E-state index is 12.5. The van der Waals surface area contributed by atoms with Gasteiger partial charge in [0, 0.05) is 12.3 Å². The quantitative estimate of drug-likeness (QED) is 0.101. The number of ether oxygens (including phenoxy) is 2. The van der Waals surface area contributed by atoms with Gasteiger partial charge in [-0.2, -0.15) is 0 Å². The lowest BCUT2D eigenvalue weighted by atomic mass is 9.89. The van der Waals surface area contributed by atoms with Gasteiger partial charge in [-0.1, -0.05) is 0 Å². The normalized spacial score (nSPS) is 39.6. The minimum absolute atomic E-state index is 0.474. The zero-order valence-corrected chi connectivity index (χ0v) is 23.4. The molecule has 12 atom stereocenters. The first-order chi connectivity index (χ1) is 19.0. The third kappa shape index (κ3) is 6.89. The van der Waals surface area contributed by atoms with Crippen LogP contribution in [-0.2, 0) is 39.2 Å². The number of nitrogens with one attached hydrogen (secondary N) is 1. The Morgan fingerprint density at radius 3 is 2.39 bits per heavy atom. The highest BCUT2D eigenvalue weighted by molar-refractivity contribution is 8.08. The van der Waals surface area contributed by atoms with E-state index in [9.17, 15) is 54.6 Å². The smallest absolute Gasteiger partial charge is 0.394 e. The molecule has 1 aliphatic carbocycles. The van der Waals surface area contributed by atoms with Gasteiger partial charge < -0.3 is 59.5 Å². The van der Waals surface area contributed by atoms with Crippen molar-refractivity contribution in [1.29, 1.82) is 0 Å². The van der Waals surface area contributed by atoms with Crippen LogP contribution in [0, 0.1) is 5.92 Å². The van der Waals surface area contributed by atoms with Crippen molar-refractivity contribution in [1.82, 2.24) is 9.55 Å². The largest absolute Gasteiger partial charge is 0.481 e. The lowest BCUT2D eigenvalue weighted by Crippen LogP contribution is -2.61. The van der Waals surface area contributed by atoms with Gasteiger partial charge in [0.1, 0.15) is 48.3 Å². The Kier molecular flexibility index (Phi) is 9.77. The summed E-state index contributed by atoms with van der Waals surface area (Å²) in [5, 5.41) is 70.9. The highest BCUT2D eigenvalue weighted by Crippen LogP contribution is 2.62. The van der Waals surface area contributed by atoms with Crippen molar-refractivity contribution in [3.05, 3.63) is 33.1 Å². The Balaban J connectivity index is 1.43. The van der Waals surface area contributed by atoms with Crippen molar-refractivity contribution in [2.24, 2.45) is 5.92 Å². The molecular formula is C19H30N2O17P2S. The SMILES string of the molecule is O=c1ccn([C@@H]2O[C@H](COP(O)(=S)OP(=O)(O)OC3OC([C@@H](O)CO)C(O)C(O)C3O)[C@@H](O)[C@]2(O)C2CC2)c(=O)[nH]1. The summed E-state index contributed by atoms with van der Waals surface area (Å²) in [5.74, 6) is -0.505. The van der Waals surface area contributed by atoms with E-state index in [1.807, 2.05) is 4.98 Å². The summed E-state index contributed by atoms with van der Waals surface area (Å²) in [4.78, 5) is 46.2. The molecule has 1 aromatic rings. The van der Waals surface area contributed by atoms with Crippen LogP contribution in [0.5, 0.6) is 0 Å². The molecule has 2 aliphatic heterocycles. The highest BCUT2D eigenvalue weighted by Gasteiger charge is 2.63. The van der Waals surface area contributed by atoms with E-state index in [1.165, 1.54) is 0 Å². The Hall–Kier alpha value is -1.00. The summed E-state index contributed by atoms with van der Waals surface area (Å²) >= 11 is 4.72. The minimum Gasteiger partial charge on any atom is -0.394 e. The summed E-state index contributed by atoms with van der Waals surface area (Å²) in [5.41, 5.74) is -3.69. The number of phosphoric ester groups is 1. The lowest BCUT2D eigenvalue weighted by molar-refractivity contribution is -0.292. The molecule has 0 spiro atoms. The molecule has 3 aliphatic rings. The van der Waals surface area contributed by atoms with E-state index in [2.05, 4.69) is 8.83 Å². The van der Waals surface area contributed by atoms with Crippen molar-refractivity contribution in [3.8, 4) is 0 Å². The first-order valence-electron chi connectivity index (χ1n) is 12.1. The summed E-state index contributed by atoms with van der Waals surface area (Å²) in [6.07, 6.45) is -14.6. The summed E-state index contributed by atoms with van der Waals surface area (Å²) < 4.78 is 38.2. The van der Waals surface area contributed by atoms with Gasteiger partial charge in [-0.25, -0.2) is 13.7 Å². The highest BCUT2D eigenvalue weighted by atomic mass is 32.5. The van der Waals surface area contributed by atoms with Crippen molar-refractivity contribution in [2.45, 2.75) is 73.7 Å². The zero-order valence-electron chi connectivity index (χ0n) is 20.8. The fourth-order valence-electron chi connectivity index (χ4n) is 4.67. The number of aliphatic hydroxyl groups excluding tert-OH is 6. The van der Waals surface area contributed by atoms with Crippen LogP contribution in [0.2, 0.25) is 0 Å². The van der Waals surface area contributed by atoms with Crippen molar-refractivity contribution >= 4 is 26.3 Å². The van der Waals surface area contributed by atoms with Crippen LogP contribution in [0.4, 0.5) is 0 Å². The van der Waals surface area contributed by atoms with Gasteiger partial charge in [0.05, 0.1) is 13.2 Å². The molecule has 234 valence electrons. The van der Waals surface area contributed by atoms with Crippen LogP contribution in [0.15, 0.2) is 21.9 Å². The monoisotopic (exact) mass is 652 g/mol. The Bertz CT molecular complexity index is 1310. The predicted octanol–water partition coefficient (Wildman–Crippen LogP) is -4.54. The van der Waals surface area contributed by atoms with E-state index in [1.54, 1.807) is 0 Å². The molecule has 1 saturated carbocycles. The summed E-state index contributed by atoms with van der Waals surface area (Å²) in [6.45, 7) is -6.53. The summed E-state index contributed by atoms with van der Waals surface area (Å²) in [7, 11) is -5.49. The second-order valence-electron chi connectivity index (χ2n) is 9.76. The van der Waals surface area contributed by atoms with E-state index in [4.69, 9.17) is 30.9 Å². The molecule has 0 radical (unpaired) electrons. The molecule has 1 aromatic heterocycles. The van der Waals surface area contributed by atoms with Crippen LogP contribution in [-0.4, -0.2) is 123 Å². The van der Waals surface area contributed by atoms with Gasteiger partial charge in [-0.15, -0.1) is 0 Å². The lowest BCUT2D eigenvalue weighted by Gasteiger charge is -2.41. The number of aromatic nitrogens is 2. The number of nitrogens with zero attached hydrogens (tertiary/aromatic N) is 1. The molecule has 0 aromatic carbocycles. The molecule has 3 fully saturated rings. The Labute approximate surface area is 235 Å². The first kappa shape index (κ1) is 32.9. The molecule has 0 amide bonds. The van der Waals surface area contributed by atoms with E-state index < -0.39 is 106 Å². The summed E-state index contributed by atoms with van der Waals surface area (Å²) in [6, 6.07) is 0.994. The fraction of sp³-hybridized carbons (Fsp3) is 0.789. The fourth-order valence-corrected chi connectivity index (χ4v) is 7.77. The average molecular weight is 652 g/mol. The van der Waals surface area contributed by atoms with E-state index in [0.717, 1.165) is 16.8 Å². The Morgan fingerprint density at radius 2 is 1.80 bits per heavy atom. The van der Waals surface area contributed by atoms with Gasteiger partial charge in [0.2, 0.25) is 0 Å². The second-order valence-corrected chi connectivity index (χ2v) is 14.1. The molecule has 10 N–H and O–H groups in total. The van der Waals surface area contributed by atoms with Crippen molar-refractivity contribution in [3.63, 3.8) is 0 Å². The van der Waals surface area contributed by atoms with Crippen LogP contribution in [0.3, 0.4) is 0 Å². The molecule has 22 heteroatoms. The number of hydrogen-bond donors (Lipinski definition) is 10. The van der Waals surface area contributed by atoms with Crippen LogP contribution in [0.25, 0.3) is 0 Å². The third-order valence-corrected chi connectivity index (χ3v) is 10.4. The second kappa shape index (κ2) is 12.2. The maximum atomic E-state index is 12.5. The standard InChI is InChI=1S/C19H30N2O17P2S/c22-5-8(23)14-12(26)11(25)13(27)16(36-14)37-39(31,32)38-40(33,41)34-6-9-15(28)19(30,7-1-2-7)17(35-9)21-4-3-10(24)20-18(21)29/h3-4,7-9,11-17,22-23,25-28,30H,1-2,5-6H2,(H,31,32)(H,33,41)(H,20,24,29)/t8-,9+,11?,12?,13?,14?,15+,16?,17+,19+,40?/m0/s1. The van der Waals surface area contributed by atoms with E-state index >= 15 is 0 Å². The number of aromatic amines is 1. The molecule has 41 heavy (non-hydrogen) atoms. The molecule has 2 saturated heterocycles. The van der Waals surface area contributed by atoms with E-state index in [-0.39, 0.29) is 0 Å². The van der Waals surface area contributed by atoms with Crippen molar-refractivity contribution < 1.29 is 72.9 Å². The minimum atomic E-state index is -5.49. The average Bonchev–Trinajstić information content (AvgIpc) is 3.70. The first-order valence-corrected chi connectivity index (χ1v) is 16.1. The Morgan fingerprint density at radius 1 is 1.15 bits per heavy atom. The van der Waals surface area contributed by atoms with Gasteiger partial charge in [0.25, 0.3) is 5.56 Å². The molecule has 0 bridgehead atoms.